The lowest BCUT2D eigenvalue weighted by Crippen LogP contribution is -2.55. The van der Waals surface area contributed by atoms with Crippen LogP contribution < -0.4 is 5.32 Å². The van der Waals surface area contributed by atoms with Crippen LogP contribution in [0, 0.1) is 0 Å². The molecule has 0 bridgehead atoms. The molecule has 0 radical (unpaired) electrons. The van der Waals surface area contributed by atoms with Gasteiger partial charge in [0.05, 0.1) is 12.5 Å². The van der Waals surface area contributed by atoms with E-state index < -0.39 is 5.97 Å². The summed E-state index contributed by atoms with van der Waals surface area (Å²) in [6, 6.07) is -0.335. The molecule has 1 aliphatic heterocycles. The largest absolute Gasteiger partial charge is 0.481 e. The van der Waals surface area contributed by atoms with E-state index in [1.165, 1.54) is 0 Å². The Morgan fingerprint density at radius 1 is 1.47 bits per heavy atom. The first-order valence-electron chi connectivity index (χ1n) is 6.74. The molecular weight excluding hydrogens is 264 g/mol. The molecule has 1 rings (SSSR count). The van der Waals surface area contributed by atoms with Gasteiger partial charge in [-0.15, -0.1) is 0 Å². The first-order valence-corrected chi connectivity index (χ1v) is 7.89. The van der Waals surface area contributed by atoms with E-state index in [2.05, 4.69) is 12.2 Å². The number of hydrogen-bond donors (Lipinski definition) is 2. The van der Waals surface area contributed by atoms with Crippen molar-refractivity contribution in [2.45, 2.75) is 51.6 Å². The van der Waals surface area contributed by atoms with Gasteiger partial charge >= 0.3 is 12.0 Å². The lowest BCUT2D eigenvalue weighted by atomic mass is 9.99. The molecule has 1 unspecified atom stereocenters. The smallest absolute Gasteiger partial charge is 0.318 e. The number of rotatable bonds is 5. The number of hydrogen-bond acceptors (Lipinski definition) is 3. The highest BCUT2D eigenvalue weighted by molar-refractivity contribution is 7.99. The van der Waals surface area contributed by atoms with Crippen molar-refractivity contribution in [2.24, 2.45) is 0 Å². The molecule has 2 N–H and O–H groups in total. The van der Waals surface area contributed by atoms with Crippen LogP contribution in [0.15, 0.2) is 0 Å². The van der Waals surface area contributed by atoms with Crippen molar-refractivity contribution in [3.05, 3.63) is 0 Å². The van der Waals surface area contributed by atoms with E-state index >= 15 is 0 Å². The van der Waals surface area contributed by atoms with Crippen molar-refractivity contribution >= 4 is 23.8 Å². The summed E-state index contributed by atoms with van der Waals surface area (Å²) in [5.74, 6) is 0.726. The molecule has 1 fully saturated rings. The lowest BCUT2D eigenvalue weighted by molar-refractivity contribution is -0.138. The highest BCUT2D eigenvalue weighted by Crippen LogP contribution is 2.20. The second kappa shape index (κ2) is 7.03. The van der Waals surface area contributed by atoms with Crippen molar-refractivity contribution in [1.29, 1.82) is 0 Å². The Bertz CT molecular complexity index is 334. The highest BCUT2D eigenvalue weighted by Gasteiger charge is 2.31. The van der Waals surface area contributed by atoms with Gasteiger partial charge in [0.25, 0.3) is 0 Å². The van der Waals surface area contributed by atoms with E-state index in [9.17, 15) is 9.59 Å². The second-order valence-corrected chi connectivity index (χ2v) is 6.73. The maximum atomic E-state index is 12.3. The van der Waals surface area contributed by atoms with Crippen molar-refractivity contribution in [3.63, 3.8) is 0 Å². The normalized spacial score (nSPS) is 20.2. The number of carbonyl (C=O) groups is 2. The maximum Gasteiger partial charge on any atom is 0.318 e. The van der Waals surface area contributed by atoms with Crippen LogP contribution in [0.5, 0.6) is 0 Å². The monoisotopic (exact) mass is 288 g/mol. The molecule has 1 saturated heterocycles. The van der Waals surface area contributed by atoms with E-state index in [1.807, 2.05) is 13.8 Å². The summed E-state index contributed by atoms with van der Waals surface area (Å²) < 4.78 is 0. The van der Waals surface area contributed by atoms with E-state index in [-0.39, 0.29) is 24.0 Å². The Balaban J connectivity index is 2.64. The zero-order valence-electron chi connectivity index (χ0n) is 11.9. The van der Waals surface area contributed by atoms with Gasteiger partial charge in [0, 0.05) is 23.6 Å². The van der Waals surface area contributed by atoms with Crippen molar-refractivity contribution in [2.75, 3.05) is 18.1 Å². The number of thioether (sulfide) groups is 1. The van der Waals surface area contributed by atoms with Gasteiger partial charge in [-0.05, 0) is 20.3 Å². The minimum atomic E-state index is -0.849. The molecular formula is C13H24N2O3S. The number of carbonyl (C=O) groups excluding carboxylic acids is 1. The third kappa shape index (κ3) is 5.30. The molecule has 19 heavy (non-hydrogen) atoms. The van der Waals surface area contributed by atoms with Crippen LogP contribution in [0.4, 0.5) is 4.79 Å². The average Bonchev–Trinajstić information content (AvgIpc) is 2.27. The molecule has 0 aliphatic carbocycles. The molecule has 0 aromatic rings. The highest BCUT2D eigenvalue weighted by atomic mass is 32.2. The van der Waals surface area contributed by atoms with Gasteiger partial charge in [0.1, 0.15) is 0 Å². The number of carboxylic acid groups (broad SMARTS) is 1. The molecule has 0 saturated carbocycles. The van der Waals surface area contributed by atoms with Gasteiger partial charge in [-0.2, -0.15) is 11.8 Å². The Hall–Kier alpha value is -0.910. The number of nitrogens with zero attached hydrogens (tertiary/aromatic N) is 1. The fourth-order valence-electron chi connectivity index (χ4n) is 2.34. The zero-order chi connectivity index (χ0) is 14.5. The molecule has 0 aromatic carbocycles. The summed E-state index contributed by atoms with van der Waals surface area (Å²) >= 11 is 1.71. The van der Waals surface area contributed by atoms with Crippen LogP contribution in [0.1, 0.15) is 40.0 Å². The number of amides is 2. The summed E-state index contributed by atoms with van der Waals surface area (Å²) in [6.45, 7) is 6.70. The van der Waals surface area contributed by atoms with Crippen LogP contribution in [-0.2, 0) is 4.79 Å². The first kappa shape index (κ1) is 16.1. The Kier molecular flexibility index (Phi) is 5.97. The van der Waals surface area contributed by atoms with Crippen molar-refractivity contribution in [1.82, 2.24) is 10.2 Å². The summed E-state index contributed by atoms with van der Waals surface area (Å²) in [4.78, 5) is 24.8. The number of nitrogens with one attached hydrogen (secondary N) is 1. The van der Waals surface area contributed by atoms with E-state index in [0.29, 0.717) is 12.3 Å². The average molecular weight is 288 g/mol. The van der Waals surface area contributed by atoms with Gasteiger partial charge in [-0.3, -0.25) is 4.79 Å². The molecule has 6 heteroatoms. The quantitative estimate of drug-likeness (QED) is 0.813. The summed E-state index contributed by atoms with van der Waals surface area (Å²) in [5.41, 5.74) is -0.246. The Morgan fingerprint density at radius 3 is 2.74 bits per heavy atom. The van der Waals surface area contributed by atoms with Gasteiger partial charge in [0.15, 0.2) is 0 Å². The molecule has 110 valence electrons. The van der Waals surface area contributed by atoms with Gasteiger partial charge < -0.3 is 15.3 Å². The second-order valence-electron chi connectivity index (χ2n) is 5.58. The van der Waals surface area contributed by atoms with E-state index in [0.717, 1.165) is 18.6 Å². The molecule has 2 amide bonds. The van der Waals surface area contributed by atoms with Crippen LogP contribution >= 0.6 is 11.8 Å². The maximum absolute atomic E-state index is 12.3. The summed E-state index contributed by atoms with van der Waals surface area (Å²) in [7, 11) is 0. The van der Waals surface area contributed by atoms with Crippen molar-refractivity contribution < 1.29 is 14.7 Å². The van der Waals surface area contributed by atoms with Crippen LogP contribution in [-0.4, -0.2) is 51.6 Å². The fraction of sp³-hybridized carbons (Fsp3) is 0.846. The molecule has 5 nitrogen and oxygen atoms in total. The molecule has 0 spiro atoms. The van der Waals surface area contributed by atoms with Crippen LogP contribution in [0.2, 0.25) is 0 Å². The standard InChI is InChI=1S/C13H24N2O3S/c1-4-5-13(2,3)14-12(18)15-6-7-19-9-10(15)8-11(16)17/h10H,4-9H2,1-3H3,(H,14,18)(H,16,17). The van der Waals surface area contributed by atoms with E-state index in [1.54, 1.807) is 16.7 Å². The van der Waals surface area contributed by atoms with Crippen molar-refractivity contribution in [3.8, 4) is 0 Å². The molecule has 1 atom stereocenters. The van der Waals surface area contributed by atoms with Gasteiger partial charge in [0.2, 0.25) is 0 Å². The van der Waals surface area contributed by atoms with Crippen LogP contribution in [0.25, 0.3) is 0 Å². The Morgan fingerprint density at radius 2 is 2.16 bits per heavy atom. The molecule has 1 aliphatic rings. The van der Waals surface area contributed by atoms with Crippen LogP contribution in [0.3, 0.4) is 0 Å². The Labute approximate surface area is 119 Å². The third-order valence-electron chi connectivity index (χ3n) is 3.22. The lowest BCUT2D eigenvalue weighted by Gasteiger charge is -2.37. The zero-order valence-corrected chi connectivity index (χ0v) is 12.8. The number of aliphatic carboxylic acids is 1. The first-order chi connectivity index (χ1) is 8.85. The molecule has 1 heterocycles. The molecule has 0 aromatic heterocycles. The number of urea groups is 1. The third-order valence-corrected chi connectivity index (χ3v) is 4.31. The summed E-state index contributed by atoms with van der Waals surface area (Å²) in [5, 5.41) is 11.9. The van der Waals surface area contributed by atoms with Gasteiger partial charge in [-0.25, -0.2) is 4.79 Å². The SMILES string of the molecule is CCCC(C)(C)NC(=O)N1CCSCC1CC(=O)O. The number of carboxylic acids is 1. The predicted octanol–water partition coefficient (Wildman–Crippen LogP) is 2.17. The fourth-order valence-corrected chi connectivity index (χ4v) is 3.40. The minimum absolute atomic E-state index is 0.0224. The predicted molar refractivity (Wildman–Crippen MR) is 77.6 cm³/mol. The topological polar surface area (TPSA) is 69.6 Å². The van der Waals surface area contributed by atoms with Gasteiger partial charge in [-0.1, -0.05) is 13.3 Å². The minimum Gasteiger partial charge on any atom is -0.481 e. The van der Waals surface area contributed by atoms with E-state index in [4.69, 9.17) is 5.11 Å². The summed E-state index contributed by atoms with van der Waals surface area (Å²) in [6.07, 6.45) is 1.93.